The smallest absolute Gasteiger partial charge is 0.141 e. The molecule has 0 amide bonds. The highest BCUT2D eigenvalue weighted by Gasteiger charge is 2.28. The van der Waals surface area contributed by atoms with Gasteiger partial charge in [0.2, 0.25) is 0 Å². The van der Waals surface area contributed by atoms with Crippen LogP contribution in [0.4, 0.5) is 0 Å². The van der Waals surface area contributed by atoms with Crippen LogP contribution in [0.5, 0.6) is 0 Å². The zero-order chi connectivity index (χ0) is 12.1. The van der Waals surface area contributed by atoms with Crippen LogP contribution in [0.25, 0.3) is 0 Å². The maximum atomic E-state index is 4.34. The van der Waals surface area contributed by atoms with E-state index in [1.54, 1.807) is 6.33 Å². The van der Waals surface area contributed by atoms with Gasteiger partial charge in [-0.25, -0.2) is 4.98 Å². The quantitative estimate of drug-likeness (QED) is 0.826. The van der Waals surface area contributed by atoms with Crippen molar-refractivity contribution in [2.45, 2.75) is 52.0 Å². The molecule has 1 aromatic heterocycles. The van der Waals surface area contributed by atoms with Gasteiger partial charge in [-0.15, -0.1) is 0 Å². The summed E-state index contributed by atoms with van der Waals surface area (Å²) in [5, 5.41) is 10.7. The Morgan fingerprint density at radius 3 is 3.06 bits per heavy atom. The highest BCUT2D eigenvalue weighted by atomic mass is 15.2. The maximum Gasteiger partial charge on any atom is 0.141 e. The number of hydrogen-bond donors (Lipinski definition) is 2. The first-order valence-electron chi connectivity index (χ1n) is 6.90. The average molecular weight is 236 g/mol. The van der Waals surface area contributed by atoms with E-state index in [-0.39, 0.29) is 0 Å². The number of aromatic amines is 1. The van der Waals surface area contributed by atoms with Gasteiger partial charge in [0.15, 0.2) is 0 Å². The third-order valence-electron chi connectivity index (χ3n) is 3.79. The first-order valence-corrected chi connectivity index (χ1v) is 6.90. The first kappa shape index (κ1) is 12.6. The summed E-state index contributed by atoms with van der Waals surface area (Å²) in [6.07, 6.45) is 8.13. The van der Waals surface area contributed by atoms with Crippen LogP contribution in [0.3, 0.4) is 0 Å². The number of rotatable bonds is 5. The summed E-state index contributed by atoms with van der Waals surface area (Å²) in [6, 6.07) is 0.361. The summed E-state index contributed by atoms with van der Waals surface area (Å²) in [6.45, 7) is 5.62. The molecule has 0 spiro atoms. The number of nitrogens with one attached hydrogen (secondary N) is 2. The Hall–Kier alpha value is -0.900. The Labute approximate surface area is 104 Å². The molecule has 4 nitrogen and oxygen atoms in total. The summed E-state index contributed by atoms with van der Waals surface area (Å²) in [5.74, 6) is 2.57. The van der Waals surface area contributed by atoms with Crippen molar-refractivity contribution >= 4 is 0 Å². The van der Waals surface area contributed by atoms with Gasteiger partial charge in [0, 0.05) is 0 Å². The lowest BCUT2D eigenvalue weighted by atomic mass is 9.78. The van der Waals surface area contributed by atoms with Gasteiger partial charge < -0.3 is 5.32 Å². The van der Waals surface area contributed by atoms with Crippen molar-refractivity contribution in [3.63, 3.8) is 0 Å². The molecule has 2 N–H and O–H groups in total. The molecule has 1 aliphatic carbocycles. The molecule has 0 bridgehead atoms. The van der Waals surface area contributed by atoms with E-state index < -0.39 is 0 Å². The fourth-order valence-electron chi connectivity index (χ4n) is 2.94. The summed E-state index contributed by atoms with van der Waals surface area (Å²) in [4.78, 5) is 4.34. The molecule has 1 saturated carbocycles. The molecule has 96 valence electrons. The molecule has 3 atom stereocenters. The third-order valence-corrected chi connectivity index (χ3v) is 3.79. The lowest BCUT2D eigenvalue weighted by Crippen LogP contribution is -2.32. The SMILES string of the molecule is CCCNC(c1ncn[nH]1)C1CCCC(C)C1. The van der Waals surface area contributed by atoms with Crippen LogP contribution >= 0.6 is 0 Å². The molecule has 1 heterocycles. The fraction of sp³-hybridized carbons (Fsp3) is 0.846. The van der Waals surface area contributed by atoms with Gasteiger partial charge in [-0.1, -0.05) is 26.7 Å². The fourth-order valence-corrected chi connectivity index (χ4v) is 2.94. The van der Waals surface area contributed by atoms with Crippen LogP contribution in [0.2, 0.25) is 0 Å². The number of hydrogen-bond acceptors (Lipinski definition) is 3. The van der Waals surface area contributed by atoms with Crippen LogP contribution < -0.4 is 5.32 Å². The van der Waals surface area contributed by atoms with Crippen molar-refractivity contribution in [3.8, 4) is 0 Å². The van der Waals surface area contributed by atoms with Crippen LogP contribution in [0, 0.1) is 11.8 Å². The van der Waals surface area contributed by atoms with Gasteiger partial charge in [0.1, 0.15) is 12.2 Å². The summed E-state index contributed by atoms with van der Waals surface area (Å²) >= 11 is 0. The average Bonchev–Trinajstić information content (AvgIpc) is 2.83. The van der Waals surface area contributed by atoms with Crippen molar-refractivity contribution in [3.05, 3.63) is 12.2 Å². The summed E-state index contributed by atoms with van der Waals surface area (Å²) in [7, 11) is 0. The van der Waals surface area contributed by atoms with E-state index in [2.05, 4.69) is 34.3 Å². The monoisotopic (exact) mass is 236 g/mol. The largest absolute Gasteiger partial charge is 0.307 e. The van der Waals surface area contributed by atoms with Gasteiger partial charge in [-0.3, -0.25) is 5.10 Å². The third kappa shape index (κ3) is 3.28. The standard InChI is InChI=1S/C13H24N4/c1-3-7-14-12(13-15-9-16-17-13)11-6-4-5-10(2)8-11/h9-12,14H,3-8H2,1-2H3,(H,15,16,17). The Kier molecular flexibility index (Phi) is 4.54. The molecule has 0 aromatic carbocycles. The minimum absolute atomic E-state index is 0.361. The predicted molar refractivity (Wildman–Crippen MR) is 68.5 cm³/mol. The highest BCUT2D eigenvalue weighted by molar-refractivity contribution is 4.96. The van der Waals surface area contributed by atoms with Crippen LogP contribution in [0.1, 0.15) is 57.8 Å². The Bertz CT molecular complexity index is 309. The predicted octanol–water partition coefficient (Wildman–Crippen LogP) is 2.67. The zero-order valence-corrected chi connectivity index (χ0v) is 10.9. The number of H-pyrrole nitrogens is 1. The second-order valence-electron chi connectivity index (χ2n) is 5.33. The van der Waals surface area contributed by atoms with E-state index in [0.29, 0.717) is 12.0 Å². The van der Waals surface area contributed by atoms with Crippen molar-refractivity contribution < 1.29 is 0 Å². The van der Waals surface area contributed by atoms with Crippen LogP contribution in [-0.4, -0.2) is 21.7 Å². The maximum absolute atomic E-state index is 4.34. The van der Waals surface area contributed by atoms with Crippen molar-refractivity contribution in [2.75, 3.05) is 6.54 Å². The van der Waals surface area contributed by atoms with Crippen molar-refractivity contribution in [2.24, 2.45) is 11.8 Å². The second kappa shape index (κ2) is 6.15. The van der Waals surface area contributed by atoms with Gasteiger partial charge in [-0.05, 0) is 37.6 Å². The topological polar surface area (TPSA) is 53.6 Å². The summed E-state index contributed by atoms with van der Waals surface area (Å²) in [5.41, 5.74) is 0. The molecule has 17 heavy (non-hydrogen) atoms. The number of aromatic nitrogens is 3. The molecule has 1 fully saturated rings. The van der Waals surface area contributed by atoms with Crippen LogP contribution in [0.15, 0.2) is 6.33 Å². The van der Waals surface area contributed by atoms with E-state index in [4.69, 9.17) is 0 Å². The molecule has 1 aromatic rings. The van der Waals surface area contributed by atoms with Crippen molar-refractivity contribution in [1.29, 1.82) is 0 Å². The molecular weight excluding hydrogens is 212 g/mol. The normalized spacial score (nSPS) is 26.9. The van der Waals surface area contributed by atoms with E-state index in [1.807, 2.05) is 0 Å². The molecule has 4 heteroatoms. The number of nitrogens with zero attached hydrogens (tertiary/aromatic N) is 2. The minimum atomic E-state index is 0.361. The zero-order valence-electron chi connectivity index (χ0n) is 10.9. The lowest BCUT2D eigenvalue weighted by molar-refractivity contribution is 0.218. The van der Waals surface area contributed by atoms with Gasteiger partial charge in [0.05, 0.1) is 6.04 Å². The van der Waals surface area contributed by atoms with Gasteiger partial charge in [0.25, 0.3) is 0 Å². The molecule has 1 aliphatic rings. The van der Waals surface area contributed by atoms with E-state index in [9.17, 15) is 0 Å². The Morgan fingerprint density at radius 2 is 2.41 bits per heavy atom. The van der Waals surface area contributed by atoms with E-state index in [1.165, 1.54) is 25.7 Å². The summed E-state index contributed by atoms with van der Waals surface area (Å²) < 4.78 is 0. The van der Waals surface area contributed by atoms with Crippen LogP contribution in [-0.2, 0) is 0 Å². The Balaban J connectivity index is 2.03. The Morgan fingerprint density at radius 1 is 1.53 bits per heavy atom. The first-order chi connectivity index (χ1) is 8.31. The van der Waals surface area contributed by atoms with E-state index in [0.717, 1.165) is 24.7 Å². The highest BCUT2D eigenvalue weighted by Crippen LogP contribution is 2.35. The molecule has 3 unspecified atom stereocenters. The second-order valence-corrected chi connectivity index (χ2v) is 5.33. The van der Waals surface area contributed by atoms with Gasteiger partial charge in [-0.2, -0.15) is 5.10 Å². The van der Waals surface area contributed by atoms with Gasteiger partial charge >= 0.3 is 0 Å². The molecule has 0 aliphatic heterocycles. The molecular formula is C13H24N4. The van der Waals surface area contributed by atoms with Crippen molar-refractivity contribution in [1.82, 2.24) is 20.5 Å². The molecule has 2 rings (SSSR count). The lowest BCUT2D eigenvalue weighted by Gasteiger charge is -2.32. The van der Waals surface area contributed by atoms with E-state index >= 15 is 0 Å². The molecule has 0 radical (unpaired) electrons. The molecule has 0 saturated heterocycles. The minimum Gasteiger partial charge on any atom is -0.307 e.